The Morgan fingerprint density at radius 3 is 2.84 bits per heavy atom. The van der Waals surface area contributed by atoms with Crippen molar-refractivity contribution in [2.45, 2.75) is 19.8 Å². The molecule has 0 fully saturated rings. The summed E-state index contributed by atoms with van der Waals surface area (Å²) in [7, 11) is 1.63. The molecule has 2 N–H and O–H groups in total. The Labute approximate surface area is 112 Å². The van der Waals surface area contributed by atoms with Crippen LogP contribution >= 0.6 is 0 Å². The molecule has 0 saturated heterocycles. The summed E-state index contributed by atoms with van der Waals surface area (Å²) in [5.41, 5.74) is 6.52. The molecule has 0 aliphatic carbocycles. The minimum atomic E-state index is 0.381. The second-order valence-corrected chi connectivity index (χ2v) is 4.43. The third-order valence-electron chi connectivity index (χ3n) is 3.19. The Morgan fingerprint density at radius 2 is 2.16 bits per heavy atom. The third kappa shape index (κ3) is 3.12. The standard InChI is InChI=1S/C14H19N3O2/c1-3-10(9-15)8-13-16-14(17-19-13)11-6-4-5-7-12(11)18-2/h4-7,10H,3,8-9,15H2,1-2H3. The van der Waals surface area contributed by atoms with Gasteiger partial charge in [-0.25, -0.2) is 0 Å². The first-order chi connectivity index (χ1) is 9.28. The van der Waals surface area contributed by atoms with Gasteiger partial charge in [-0.1, -0.05) is 30.6 Å². The lowest BCUT2D eigenvalue weighted by Crippen LogP contribution is -2.15. The quantitative estimate of drug-likeness (QED) is 0.863. The summed E-state index contributed by atoms with van der Waals surface area (Å²) < 4.78 is 10.6. The summed E-state index contributed by atoms with van der Waals surface area (Å²) in [5, 5.41) is 4.01. The van der Waals surface area contributed by atoms with Gasteiger partial charge in [-0.15, -0.1) is 0 Å². The van der Waals surface area contributed by atoms with Crippen molar-refractivity contribution in [3.05, 3.63) is 30.2 Å². The SMILES string of the molecule is CCC(CN)Cc1nc(-c2ccccc2OC)no1. The molecule has 102 valence electrons. The van der Waals surface area contributed by atoms with Gasteiger partial charge in [0.15, 0.2) is 0 Å². The van der Waals surface area contributed by atoms with Gasteiger partial charge in [-0.05, 0) is 24.6 Å². The maximum absolute atomic E-state index is 5.68. The normalized spacial score (nSPS) is 12.4. The van der Waals surface area contributed by atoms with Crippen LogP contribution in [0.2, 0.25) is 0 Å². The van der Waals surface area contributed by atoms with E-state index in [9.17, 15) is 0 Å². The topological polar surface area (TPSA) is 74.2 Å². The van der Waals surface area contributed by atoms with Crippen molar-refractivity contribution in [1.29, 1.82) is 0 Å². The van der Waals surface area contributed by atoms with Gasteiger partial charge < -0.3 is 15.0 Å². The molecular weight excluding hydrogens is 242 g/mol. The van der Waals surface area contributed by atoms with E-state index >= 15 is 0 Å². The molecule has 1 unspecified atom stereocenters. The molecule has 5 nitrogen and oxygen atoms in total. The zero-order valence-electron chi connectivity index (χ0n) is 11.3. The highest BCUT2D eigenvalue weighted by atomic mass is 16.5. The summed E-state index contributed by atoms with van der Waals surface area (Å²) in [6.07, 6.45) is 1.72. The highest BCUT2D eigenvalue weighted by Crippen LogP contribution is 2.27. The number of benzene rings is 1. The van der Waals surface area contributed by atoms with Crippen LogP contribution in [0.4, 0.5) is 0 Å². The van der Waals surface area contributed by atoms with Crippen molar-refractivity contribution in [3.8, 4) is 17.1 Å². The van der Waals surface area contributed by atoms with E-state index in [2.05, 4.69) is 17.1 Å². The number of ether oxygens (including phenoxy) is 1. The third-order valence-corrected chi connectivity index (χ3v) is 3.19. The van der Waals surface area contributed by atoms with Crippen LogP contribution in [-0.2, 0) is 6.42 Å². The predicted octanol–water partition coefficient (Wildman–Crippen LogP) is 2.27. The molecule has 0 aliphatic rings. The van der Waals surface area contributed by atoms with Crippen molar-refractivity contribution in [1.82, 2.24) is 10.1 Å². The molecule has 2 aromatic rings. The Morgan fingerprint density at radius 1 is 1.37 bits per heavy atom. The molecule has 0 radical (unpaired) electrons. The lowest BCUT2D eigenvalue weighted by atomic mass is 10.0. The molecule has 0 aliphatic heterocycles. The molecule has 5 heteroatoms. The van der Waals surface area contributed by atoms with Crippen LogP contribution in [0.1, 0.15) is 19.2 Å². The Hall–Kier alpha value is -1.88. The molecule has 1 heterocycles. The lowest BCUT2D eigenvalue weighted by Gasteiger charge is -2.07. The van der Waals surface area contributed by atoms with Gasteiger partial charge in [0, 0.05) is 6.42 Å². The van der Waals surface area contributed by atoms with Gasteiger partial charge in [-0.2, -0.15) is 4.98 Å². The van der Waals surface area contributed by atoms with E-state index in [0.29, 0.717) is 24.2 Å². The molecule has 1 aromatic heterocycles. The Kier molecular flexibility index (Phi) is 4.52. The van der Waals surface area contributed by atoms with Crippen LogP contribution in [0.15, 0.2) is 28.8 Å². The van der Waals surface area contributed by atoms with Crippen molar-refractivity contribution >= 4 is 0 Å². The van der Waals surface area contributed by atoms with Crippen LogP contribution in [0.5, 0.6) is 5.75 Å². The average molecular weight is 261 g/mol. The highest BCUT2D eigenvalue weighted by Gasteiger charge is 2.15. The number of nitrogens with zero attached hydrogens (tertiary/aromatic N) is 2. The summed E-state index contributed by atoms with van der Waals surface area (Å²) in [6, 6.07) is 7.61. The van der Waals surface area contributed by atoms with Crippen LogP contribution < -0.4 is 10.5 Å². The number of hydrogen-bond donors (Lipinski definition) is 1. The van der Waals surface area contributed by atoms with Crippen molar-refractivity contribution < 1.29 is 9.26 Å². The monoisotopic (exact) mass is 261 g/mol. The summed E-state index contributed by atoms with van der Waals surface area (Å²) in [5.74, 6) is 2.30. The van der Waals surface area contributed by atoms with Crippen molar-refractivity contribution in [2.24, 2.45) is 11.7 Å². The van der Waals surface area contributed by atoms with Gasteiger partial charge in [0.05, 0.1) is 12.7 Å². The van der Waals surface area contributed by atoms with E-state index in [1.165, 1.54) is 0 Å². The van der Waals surface area contributed by atoms with Crippen LogP contribution in [-0.4, -0.2) is 23.8 Å². The average Bonchev–Trinajstić information content (AvgIpc) is 2.93. The molecule has 0 amide bonds. The zero-order chi connectivity index (χ0) is 13.7. The fourth-order valence-corrected chi connectivity index (χ4v) is 1.92. The fraction of sp³-hybridized carbons (Fsp3) is 0.429. The molecular formula is C14H19N3O2. The first kappa shape index (κ1) is 13.5. The summed E-state index contributed by atoms with van der Waals surface area (Å²) in [6.45, 7) is 2.73. The van der Waals surface area contributed by atoms with Crippen molar-refractivity contribution in [3.63, 3.8) is 0 Å². The molecule has 0 spiro atoms. The van der Waals surface area contributed by atoms with Gasteiger partial charge in [-0.3, -0.25) is 0 Å². The Balaban J connectivity index is 2.21. The van der Waals surface area contributed by atoms with Crippen molar-refractivity contribution in [2.75, 3.05) is 13.7 Å². The number of para-hydroxylation sites is 1. The molecule has 0 bridgehead atoms. The van der Waals surface area contributed by atoms with E-state index in [1.807, 2.05) is 24.3 Å². The molecule has 1 aromatic carbocycles. The molecule has 1 atom stereocenters. The smallest absolute Gasteiger partial charge is 0.227 e. The number of rotatable bonds is 6. The van der Waals surface area contributed by atoms with Gasteiger partial charge in [0.25, 0.3) is 0 Å². The maximum atomic E-state index is 5.68. The van der Waals surface area contributed by atoms with E-state index in [0.717, 1.165) is 24.2 Å². The minimum Gasteiger partial charge on any atom is -0.496 e. The second-order valence-electron chi connectivity index (χ2n) is 4.43. The number of hydrogen-bond acceptors (Lipinski definition) is 5. The molecule has 0 saturated carbocycles. The predicted molar refractivity (Wildman–Crippen MR) is 72.8 cm³/mol. The van der Waals surface area contributed by atoms with Crippen LogP contribution in [0.25, 0.3) is 11.4 Å². The zero-order valence-corrected chi connectivity index (χ0v) is 11.3. The van der Waals surface area contributed by atoms with E-state index in [4.69, 9.17) is 15.0 Å². The first-order valence-electron chi connectivity index (χ1n) is 6.44. The number of nitrogens with two attached hydrogens (primary N) is 1. The van der Waals surface area contributed by atoms with Crippen LogP contribution in [0.3, 0.4) is 0 Å². The summed E-state index contributed by atoms with van der Waals surface area (Å²) in [4.78, 5) is 4.41. The van der Waals surface area contributed by atoms with Gasteiger partial charge in [0.2, 0.25) is 11.7 Å². The number of aromatic nitrogens is 2. The van der Waals surface area contributed by atoms with Crippen LogP contribution in [0, 0.1) is 5.92 Å². The lowest BCUT2D eigenvalue weighted by molar-refractivity contribution is 0.350. The van der Waals surface area contributed by atoms with Gasteiger partial charge >= 0.3 is 0 Å². The van der Waals surface area contributed by atoms with Gasteiger partial charge in [0.1, 0.15) is 5.75 Å². The Bertz CT molecular complexity index is 521. The van der Waals surface area contributed by atoms with E-state index in [1.54, 1.807) is 7.11 Å². The molecule has 19 heavy (non-hydrogen) atoms. The van der Waals surface area contributed by atoms with E-state index < -0.39 is 0 Å². The fourth-order valence-electron chi connectivity index (χ4n) is 1.92. The van der Waals surface area contributed by atoms with E-state index in [-0.39, 0.29) is 0 Å². The largest absolute Gasteiger partial charge is 0.496 e. The first-order valence-corrected chi connectivity index (χ1v) is 6.44. The maximum Gasteiger partial charge on any atom is 0.227 e. The second kappa shape index (κ2) is 6.33. The number of methoxy groups -OCH3 is 1. The minimum absolute atomic E-state index is 0.381. The highest BCUT2D eigenvalue weighted by molar-refractivity contribution is 5.63. The molecule has 2 rings (SSSR count). The summed E-state index contributed by atoms with van der Waals surface area (Å²) >= 11 is 0.